The fourth-order valence-corrected chi connectivity index (χ4v) is 4.96. The molecular formula is C15H24N2O2S. The minimum Gasteiger partial charge on any atom is -0.399 e. The number of nitrogen functional groups attached to an aromatic ring is 1. The highest BCUT2D eigenvalue weighted by Gasteiger charge is 2.35. The summed E-state index contributed by atoms with van der Waals surface area (Å²) in [6.45, 7) is 9.18. The number of hydrogen-bond acceptors (Lipinski definition) is 3. The smallest absolute Gasteiger partial charge is 0.243 e. The molecule has 1 saturated heterocycles. The lowest BCUT2D eigenvalue weighted by molar-refractivity contribution is 0.388. The molecule has 1 aliphatic heterocycles. The van der Waals surface area contributed by atoms with Crippen molar-refractivity contribution < 1.29 is 8.42 Å². The van der Waals surface area contributed by atoms with Gasteiger partial charge in [-0.05, 0) is 55.4 Å². The Morgan fingerprint density at radius 3 is 2.25 bits per heavy atom. The number of anilines is 1. The quantitative estimate of drug-likeness (QED) is 0.872. The van der Waals surface area contributed by atoms with E-state index >= 15 is 0 Å². The zero-order chi connectivity index (χ0) is 15.1. The number of nitrogens with zero attached hydrogens (tertiary/aromatic N) is 1. The van der Waals surface area contributed by atoms with Gasteiger partial charge in [-0.1, -0.05) is 13.8 Å². The van der Waals surface area contributed by atoms with Crippen LogP contribution in [0.2, 0.25) is 0 Å². The van der Waals surface area contributed by atoms with Gasteiger partial charge in [0.2, 0.25) is 10.0 Å². The van der Waals surface area contributed by atoms with Crippen LogP contribution in [0.25, 0.3) is 0 Å². The maximum Gasteiger partial charge on any atom is 0.243 e. The predicted octanol–water partition coefficient (Wildman–Crippen LogP) is 2.55. The molecule has 4 nitrogen and oxygen atoms in total. The van der Waals surface area contributed by atoms with Gasteiger partial charge in [-0.25, -0.2) is 8.42 Å². The Balaban J connectivity index is 2.38. The summed E-state index contributed by atoms with van der Waals surface area (Å²) in [7, 11) is -3.41. The summed E-state index contributed by atoms with van der Waals surface area (Å²) in [4.78, 5) is 0.427. The molecule has 0 saturated carbocycles. The Morgan fingerprint density at radius 1 is 1.25 bits per heavy atom. The van der Waals surface area contributed by atoms with E-state index in [2.05, 4.69) is 13.8 Å². The van der Waals surface area contributed by atoms with Crippen LogP contribution in [0.1, 0.15) is 31.4 Å². The van der Waals surface area contributed by atoms with Crippen molar-refractivity contribution in [2.24, 2.45) is 11.8 Å². The number of sulfonamides is 1. The topological polar surface area (TPSA) is 63.4 Å². The number of benzene rings is 1. The molecule has 2 N–H and O–H groups in total. The third-order valence-corrected chi connectivity index (χ3v) is 6.38. The van der Waals surface area contributed by atoms with Crippen molar-refractivity contribution in [3.8, 4) is 0 Å². The third-order valence-electron chi connectivity index (χ3n) is 4.21. The maximum absolute atomic E-state index is 12.8. The van der Waals surface area contributed by atoms with Crippen LogP contribution in [0.5, 0.6) is 0 Å². The molecule has 1 unspecified atom stereocenters. The van der Waals surface area contributed by atoms with Crippen molar-refractivity contribution in [1.29, 1.82) is 0 Å². The molecule has 0 spiro atoms. The Kier molecular flexibility index (Phi) is 4.12. The first-order valence-electron chi connectivity index (χ1n) is 7.10. The first-order valence-corrected chi connectivity index (χ1v) is 8.54. The van der Waals surface area contributed by atoms with Crippen LogP contribution in [-0.2, 0) is 10.0 Å². The van der Waals surface area contributed by atoms with E-state index in [0.717, 1.165) is 17.5 Å². The van der Waals surface area contributed by atoms with Crippen molar-refractivity contribution >= 4 is 15.7 Å². The molecule has 0 aliphatic carbocycles. The Labute approximate surface area is 122 Å². The standard InChI is InChI=1S/C15H24N2O2S/c1-10(2)13-5-6-17(9-13)20(18,19)15-11(3)7-14(16)8-12(15)4/h7-8,10,13H,5-6,9,16H2,1-4H3. The van der Waals surface area contributed by atoms with Crippen molar-refractivity contribution in [1.82, 2.24) is 4.31 Å². The summed E-state index contributed by atoms with van der Waals surface area (Å²) < 4.78 is 27.3. The number of hydrogen-bond donors (Lipinski definition) is 1. The summed E-state index contributed by atoms with van der Waals surface area (Å²) in [6, 6.07) is 3.46. The van der Waals surface area contributed by atoms with Crippen LogP contribution in [0.3, 0.4) is 0 Å². The zero-order valence-corrected chi connectivity index (χ0v) is 13.5. The minimum absolute atomic E-state index is 0.427. The molecule has 1 fully saturated rings. The average Bonchev–Trinajstić information content (AvgIpc) is 2.76. The van der Waals surface area contributed by atoms with Gasteiger partial charge in [-0.3, -0.25) is 0 Å². The molecule has 0 aromatic heterocycles. The van der Waals surface area contributed by atoms with Gasteiger partial charge in [0.15, 0.2) is 0 Å². The molecular weight excluding hydrogens is 272 g/mol. The fourth-order valence-electron chi connectivity index (χ4n) is 3.04. The van der Waals surface area contributed by atoms with Crippen LogP contribution >= 0.6 is 0 Å². The second kappa shape index (κ2) is 5.37. The highest BCUT2D eigenvalue weighted by molar-refractivity contribution is 7.89. The van der Waals surface area contributed by atoms with Crippen LogP contribution in [0.15, 0.2) is 17.0 Å². The molecule has 2 rings (SSSR count). The highest BCUT2D eigenvalue weighted by atomic mass is 32.2. The zero-order valence-electron chi connectivity index (χ0n) is 12.7. The maximum atomic E-state index is 12.8. The van der Waals surface area contributed by atoms with Gasteiger partial charge in [-0.15, -0.1) is 0 Å². The Morgan fingerprint density at radius 2 is 1.80 bits per heavy atom. The lowest BCUT2D eigenvalue weighted by Crippen LogP contribution is -2.30. The van der Waals surface area contributed by atoms with E-state index in [0.29, 0.717) is 35.5 Å². The van der Waals surface area contributed by atoms with Gasteiger partial charge in [0.25, 0.3) is 0 Å². The van der Waals surface area contributed by atoms with Gasteiger partial charge in [0.1, 0.15) is 0 Å². The summed E-state index contributed by atoms with van der Waals surface area (Å²) in [5, 5.41) is 0. The van der Waals surface area contributed by atoms with Crippen molar-refractivity contribution in [2.75, 3.05) is 18.8 Å². The van der Waals surface area contributed by atoms with Crippen molar-refractivity contribution in [3.05, 3.63) is 23.3 Å². The number of rotatable bonds is 3. The first-order chi connectivity index (χ1) is 9.23. The minimum atomic E-state index is -3.41. The second-order valence-corrected chi connectivity index (χ2v) is 8.01. The van der Waals surface area contributed by atoms with Crippen LogP contribution in [0.4, 0.5) is 5.69 Å². The fraction of sp³-hybridized carbons (Fsp3) is 0.600. The van der Waals surface area contributed by atoms with Gasteiger partial charge >= 0.3 is 0 Å². The Hall–Kier alpha value is -1.07. The van der Waals surface area contributed by atoms with E-state index in [1.807, 2.05) is 13.8 Å². The summed E-state index contributed by atoms with van der Waals surface area (Å²) in [5.74, 6) is 0.975. The van der Waals surface area contributed by atoms with E-state index in [9.17, 15) is 8.42 Å². The lowest BCUT2D eigenvalue weighted by Gasteiger charge is -2.21. The van der Waals surface area contributed by atoms with Gasteiger partial charge in [0, 0.05) is 18.8 Å². The average molecular weight is 296 g/mol. The highest BCUT2D eigenvalue weighted by Crippen LogP contribution is 2.32. The molecule has 0 bridgehead atoms. The van der Waals surface area contributed by atoms with Gasteiger partial charge in [-0.2, -0.15) is 4.31 Å². The molecule has 1 heterocycles. The normalized spacial score (nSPS) is 20.8. The molecule has 1 aromatic carbocycles. The van der Waals surface area contributed by atoms with Gasteiger partial charge < -0.3 is 5.73 Å². The molecule has 112 valence electrons. The lowest BCUT2D eigenvalue weighted by atomic mass is 9.96. The summed E-state index contributed by atoms with van der Waals surface area (Å²) in [5.41, 5.74) is 7.85. The molecule has 0 radical (unpaired) electrons. The predicted molar refractivity (Wildman–Crippen MR) is 82.0 cm³/mol. The van der Waals surface area contributed by atoms with E-state index in [1.54, 1.807) is 16.4 Å². The first kappa shape index (κ1) is 15.3. The van der Waals surface area contributed by atoms with Crippen molar-refractivity contribution in [3.63, 3.8) is 0 Å². The van der Waals surface area contributed by atoms with Crippen LogP contribution in [0, 0.1) is 25.7 Å². The van der Waals surface area contributed by atoms with Crippen molar-refractivity contribution in [2.45, 2.75) is 39.0 Å². The van der Waals surface area contributed by atoms with E-state index in [4.69, 9.17) is 5.73 Å². The molecule has 1 aromatic rings. The SMILES string of the molecule is Cc1cc(N)cc(C)c1S(=O)(=O)N1CCC(C(C)C)C1. The van der Waals surface area contributed by atoms with Crippen LogP contribution in [-0.4, -0.2) is 25.8 Å². The van der Waals surface area contributed by atoms with Gasteiger partial charge in [0.05, 0.1) is 4.90 Å². The summed E-state index contributed by atoms with van der Waals surface area (Å²) in [6.07, 6.45) is 0.948. The second-order valence-electron chi connectivity index (χ2n) is 6.14. The monoisotopic (exact) mass is 296 g/mol. The number of aryl methyl sites for hydroxylation is 2. The Bertz CT molecular complexity index is 585. The molecule has 1 atom stereocenters. The summed E-state index contributed by atoms with van der Waals surface area (Å²) >= 11 is 0. The van der Waals surface area contributed by atoms with E-state index < -0.39 is 10.0 Å². The van der Waals surface area contributed by atoms with E-state index in [-0.39, 0.29) is 0 Å². The third kappa shape index (κ3) is 2.69. The van der Waals surface area contributed by atoms with Crippen LogP contribution < -0.4 is 5.73 Å². The van der Waals surface area contributed by atoms with E-state index in [1.165, 1.54) is 0 Å². The molecule has 0 amide bonds. The molecule has 20 heavy (non-hydrogen) atoms. The number of nitrogens with two attached hydrogens (primary N) is 1. The largest absolute Gasteiger partial charge is 0.399 e. The molecule has 1 aliphatic rings. The molecule has 5 heteroatoms.